The van der Waals surface area contributed by atoms with Crippen LogP contribution in [-0.4, -0.2) is 57.8 Å². The number of esters is 2. The molecule has 0 amide bonds. The Bertz CT molecular complexity index is 1810. The second-order valence-corrected chi connectivity index (χ2v) is 21.6. The van der Waals surface area contributed by atoms with Gasteiger partial charge in [0.25, 0.3) is 8.32 Å². The zero-order valence-electron chi connectivity index (χ0n) is 32.0. The van der Waals surface area contributed by atoms with Crippen molar-refractivity contribution in [2.45, 2.75) is 96.5 Å². The van der Waals surface area contributed by atoms with E-state index in [1.807, 2.05) is 12.1 Å². The summed E-state index contributed by atoms with van der Waals surface area (Å²) in [6.45, 7) is 14.2. The standard InChI is InChI=1S/C44H54FNO6Si/c1-30(47)51-39-21-23-42(5)37(43(39,6)29-50-53(41(2,3)4,33-16-9-7-10-17-33)34-18-11-8-12-19-34)20-24-44(28-46-32-15-13-14-31(45)26-32)38(42)27-36(52-44)35-22-25-49-40(35)48/h7-19,22,26,36-39,46H,20-21,23-25,27-29H2,1-6H3/t36-,37-,38-,39+,42+,43-,44+/m0/s1. The summed E-state index contributed by atoms with van der Waals surface area (Å²) < 4.78 is 40.7. The predicted octanol–water partition coefficient (Wildman–Crippen LogP) is 7.59. The van der Waals surface area contributed by atoms with Crippen molar-refractivity contribution in [2.75, 3.05) is 25.1 Å². The number of nitrogens with one attached hydrogen (secondary N) is 1. The number of carbonyl (C=O) groups excluding carboxylic acids is 2. The minimum absolute atomic E-state index is 0.0552. The molecule has 0 unspecified atom stereocenters. The molecule has 7 atom stereocenters. The highest BCUT2D eigenvalue weighted by atomic mass is 28.4. The fraction of sp³-hybridized carbons (Fsp3) is 0.500. The Morgan fingerprint density at radius 1 is 0.943 bits per heavy atom. The van der Waals surface area contributed by atoms with Gasteiger partial charge in [0.05, 0.1) is 17.3 Å². The molecule has 0 bridgehead atoms. The molecule has 1 saturated heterocycles. The van der Waals surface area contributed by atoms with Gasteiger partial charge in [-0.1, -0.05) is 101 Å². The third kappa shape index (κ3) is 6.57. The lowest BCUT2D eigenvalue weighted by Gasteiger charge is -2.63. The SMILES string of the molecule is CC(=O)O[C@@H]1CC[C@]2(C)[C@H](CC[C@]3(CNc4cccc(F)c4)O[C@H](C4=CCOC4=O)C[C@H]32)[C@]1(C)CO[Si](c1ccccc1)(c1ccccc1)C(C)(C)C. The third-order valence-electron chi connectivity index (χ3n) is 13.2. The molecule has 3 aromatic rings. The van der Waals surface area contributed by atoms with Gasteiger partial charge in [0.2, 0.25) is 0 Å². The number of hydrogen-bond acceptors (Lipinski definition) is 7. The number of anilines is 1. The highest BCUT2D eigenvalue weighted by molar-refractivity contribution is 6.99. The molecule has 3 aromatic carbocycles. The number of halogens is 1. The fourth-order valence-electron chi connectivity index (χ4n) is 10.9. The van der Waals surface area contributed by atoms with Gasteiger partial charge in [-0.05, 0) is 89.0 Å². The van der Waals surface area contributed by atoms with Crippen LogP contribution in [0.25, 0.3) is 0 Å². The van der Waals surface area contributed by atoms with Gasteiger partial charge in [-0.25, -0.2) is 9.18 Å². The summed E-state index contributed by atoms with van der Waals surface area (Å²) in [6.07, 6.45) is 4.85. The van der Waals surface area contributed by atoms with Crippen LogP contribution < -0.4 is 15.7 Å². The van der Waals surface area contributed by atoms with Crippen LogP contribution in [-0.2, 0) is 28.2 Å². The number of benzene rings is 3. The van der Waals surface area contributed by atoms with Gasteiger partial charge in [-0.2, -0.15) is 0 Å². The Hall–Kier alpha value is -3.79. The number of carbonyl (C=O) groups is 2. The molecular formula is C44H54FNO6Si. The lowest BCUT2D eigenvalue weighted by Crippen LogP contribution is -2.69. The Morgan fingerprint density at radius 3 is 2.21 bits per heavy atom. The molecule has 1 N–H and O–H groups in total. The van der Waals surface area contributed by atoms with E-state index >= 15 is 0 Å². The summed E-state index contributed by atoms with van der Waals surface area (Å²) in [5.74, 6) is -0.726. The summed E-state index contributed by atoms with van der Waals surface area (Å²) in [5, 5.41) is 5.71. The quantitative estimate of drug-likeness (QED) is 0.170. The molecular weight excluding hydrogens is 686 g/mol. The van der Waals surface area contributed by atoms with E-state index in [0.29, 0.717) is 37.3 Å². The van der Waals surface area contributed by atoms with Crippen LogP contribution in [0, 0.1) is 28.5 Å². The minimum Gasteiger partial charge on any atom is -0.462 e. The van der Waals surface area contributed by atoms with Crippen LogP contribution in [0.4, 0.5) is 10.1 Å². The van der Waals surface area contributed by atoms with E-state index in [9.17, 15) is 14.0 Å². The first-order valence-electron chi connectivity index (χ1n) is 19.2. The first-order valence-corrected chi connectivity index (χ1v) is 21.1. The molecule has 2 aliphatic carbocycles. The van der Waals surface area contributed by atoms with E-state index in [1.54, 1.807) is 6.07 Å². The molecule has 282 valence electrons. The smallest absolute Gasteiger partial charge is 0.336 e. The average Bonchev–Trinajstić information content (AvgIpc) is 3.74. The summed E-state index contributed by atoms with van der Waals surface area (Å²) in [6, 6.07) is 27.9. The maximum Gasteiger partial charge on any atom is 0.336 e. The van der Waals surface area contributed by atoms with Crippen molar-refractivity contribution in [1.29, 1.82) is 0 Å². The first kappa shape index (κ1) is 37.5. The molecule has 2 saturated carbocycles. The van der Waals surface area contributed by atoms with Gasteiger partial charge in [0, 0.05) is 31.2 Å². The number of hydrogen-bond donors (Lipinski definition) is 1. The highest BCUT2D eigenvalue weighted by Gasteiger charge is 2.68. The van der Waals surface area contributed by atoms with Crippen LogP contribution in [0.3, 0.4) is 0 Å². The predicted molar refractivity (Wildman–Crippen MR) is 207 cm³/mol. The van der Waals surface area contributed by atoms with Crippen LogP contribution in [0.5, 0.6) is 0 Å². The molecule has 0 aromatic heterocycles. The van der Waals surface area contributed by atoms with Crippen LogP contribution in [0.1, 0.15) is 73.6 Å². The molecule has 2 heterocycles. The number of cyclic esters (lactones) is 1. The van der Waals surface area contributed by atoms with Gasteiger partial charge in [-0.3, -0.25) is 4.79 Å². The van der Waals surface area contributed by atoms with Crippen molar-refractivity contribution in [1.82, 2.24) is 0 Å². The van der Waals surface area contributed by atoms with Gasteiger partial charge in [-0.15, -0.1) is 0 Å². The van der Waals surface area contributed by atoms with Crippen molar-refractivity contribution in [3.8, 4) is 0 Å². The maximum atomic E-state index is 14.3. The maximum absolute atomic E-state index is 14.3. The zero-order valence-corrected chi connectivity index (χ0v) is 33.0. The van der Waals surface area contributed by atoms with E-state index in [4.69, 9.17) is 18.6 Å². The Kier molecular flexibility index (Phi) is 10.00. The van der Waals surface area contributed by atoms with Crippen molar-refractivity contribution in [3.05, 3.63) is 102 Å². The normalized spacial score (nSPS) is 31.2. The monoisotopic (exact) mass is 739 g/mol. The third-order valence-corrected chi connectivity index (χ3v) is 18.2. The molecule has 2 aliphatic heterocycles. The van der Waals surface area contributed by atoms with E-state index in [0.717, 1.165) is 19.3 Å². The zero-order chi connectivity index (χ0) is 37.6. The summed E-state index contributed by atoms with van der Waals surface area (Å²) >= 11 is 0. The largest absolute Gasteiger partial charge is 0.462 e. The molecule has 0 spiro atoms. The van der Waals surface area contributed by atoms with Gasteiger partial charge >= 0.3 is 11.9 Å². The number of ether oxygens (including phenoxy) is 3. The molecule has 7 nitrogen and oxygen atoms in total. The molecule has 0 radical (unpaired) electrons. The van der Waals surface area contributed by atoms with Gasteiger partial charge in [0.1, 0.15) is 18.5 Å². The van der Waals surface area contributed by atoms with E-state index in [2.05, 4.69) is 101 Å². The Morgan fingerprint density at radius 2 is 1.62 bits per heavy atom. The van der Waals surface area contributed by atoms with Crippen molar-refractivity contribution in [2.24, 2.45) is 22.7 Å². The molecule has 9 heteroatoms. The van der Waals surface area contributed by atoms with E-state index < -0.39 is 25.4 Å². The molecule has 7 rings (SSSR count). The lowest BCUT2D eigenvalue weighted by atomic mass is 9.44. The van der Waals surface area contributed by atoms with Crippen molar-refractivity contribution in [3.63, 3.8) is 0 Å². The van der Waals surface area contributed by atoms with E-state index in [1.165, 1.54) is 29.4 Å². The molecule has 3 fully saturated rings. The van der Waals surface area contributed by atoms with Crippen LogP contribution >= 0.6 is 0 Å². The number of rotatable bonds is 10. The molecule has 53 heavy (non-hydrogen) atoms. The van der Waals surface area contributed by atoms with Crippen LogP contribution in [0.15, 0.2) is 96.6 Å². The summed E-state index contributed by atoms with van der Waals surface area (Å²) in [7, 11) is -2.93. The van der Waals surface area contributed by atoms with Crippen molar-refractivity contribution >= 4 is 36.3 Å². The minimum atomic E-state index is -2.93. The molecule has 4 aliphatic rings. The highest BCUT2D eigenvalue weighted by Crippen LogP contribution is 2.67. The fourth-order valence-corrected chi connectivity index (χ4v) is 15.6. The second kappa shape index (κ2) is 14.1. The van der Waals surface area contributed by atoms with Crippen LogP contribution in [0.2, 0.25) is 5.04 Å². The van der Waals surface area contributed by atoms with E-state index in [-0.39, 0.29) is 52.8 Å². The average molecular weight is 740 g/mol. The Labute approximate surface area is 314 Å². The summed E-state index contributed by atoms with van der Waals surface area (Å²) in [4.78, 5) is 25.7. The van der Waals surface area contributed by atoms with Gasteiger partial charge < -0.3 is 24.0 Å². The first-order chi connectivity index (χ1) is 25.2. The Balaban J connectivity index is 1.29. The van der Waals surface area contributed by atoms with Crippen molar-refractivity contribution < 1.29 is 32.6 Å². The number of fused-ring (bicyclic) bond motifs is 3. The lowest BCUT2D eigenvalue weighted by molar-refractivity contribution is -0.209. The summed E-state index contributed by atoms with van der Waals surface area (Å²) in [5.41, 5.74) is -0.104. The van der Waals surface area contributed by atoms with Gasteiger partial charge in [0.15, 0.2) is 0 Å². The second-order valence-electron chi connectivity index (χ2n) is 17.3. The topological polar surface area (TPSA) is 83.1 Å².